The minimum Gasteiger partial charge on any atom is -0.476 e. The van der Waals surface area contributed by atoms with Crippen LogP contribution in [0.25, 0.3) is 0 Å². The number of hydrogen-bond donors (Lipinski definition) is 1. The van der Waals surface area contributed by atoms with Crippen LogP contribution in [-0.2, 0) is 33.6 Å². The highest BCUT2D eigenvalue weighted by Gasteiger charge is 2.31. The van der Waals surface area contributed by atoms with Crippen LogP contribution in [0.1, 0.15) is 46.1 Å². The highest BCUT2D eigenvalue weighted by molar-refractivity contribution is 5.93. The molecule has 0 atom stereocenters. The molecule has 0 fully saturated rings. The number of hydrogen-bond acceptors (Lipinski definition) is 5. The maximum atomic E-state index is 13.0. The van der Waals surface area contributed by atoms with Gasteiger partial charge < -0.3 is 10.0 Å². The number of carboxylic acid groups (broad SMARTS) is 1. The average Bonchev–Trinajstić information content (AvgIpc) is 2.99. The van der Waals surface area contributed by atoms with E-state index in [1.165, 1.54) is 19.0 Å². The molecule has 10 heteroatoms. The minimum absolute atomic E-state index is 0.0250. The molecule has 0 unspecified atom stereocenters. The molecule has 150 valence electrons. The monoisotopic (exact) mass is 389 g/mol. The molecule has 0 bridgehead atoms. The Morgan fingerprint density at radius 3 is 2.50 bits per heavy atom. The number of amides is 1. The van der Waals surface area contributed by atoms with Gasteiger partial charge in [0.25, 0.3) is 11.5 Å². The number of carbonyl (C=O) groups is 2. The summed E-state index contributed by atoms with van der Waals surface area (Å²) in [6.07, 6.45) is 0.451. The number of rotatable bonds is 4. The van der Waals surface area contributed by atoms with E-state index in [1.54, 1.807) is 4.68 Å². The van der Waals surface area contributed by atoms with Gasteiger partial charge in [-0.05, 0) is 5.92 Å². The Morgan fingerprint density at radius 1 is 1.21 bits per heavy atom. The Hall–Kier alpha value is -3.17. The summed E-state index contributed by atoms with van der Waals surface area (Å²) in [5, 5.41) is 13.7. The van der Waals surface area contributed by atoms with Crippen LogP contribution in [0.2, 0.25) is 0 Å². The maximum absolute atomic E-state index is 13.0. The smallest absolute Gasteiger partial charge is 0.356 e. The zero-order chi connectivity index (χ0) is 20.7. The fraction of sp³-hybridized carbons (Fsp3) is 0.500. The fourth-order valence-electron chi connectivity index (χ4n) is 3.43. The standard InChI is InChI=1S/C18H23N5O5/c1-10(2)8-23-12-5-6-22(9-11(12)15(19-23)17(26)27)16(25)13-7-14(24)21(4)18(28)20(13)3/h7,10H,5-6,8-9H2,1-4H3,(H,26,27). The molecular weight excluding hydrogens is 366 g/mol. The first-order valence-corrected chi connectivity index (χ1v) is 9.00. The maximum Gasteiger partial charge on any atom is 0.356 e. The predicted octanol–water partition coefficient (Wildman–Crippen LogP) is -0.167. The van der Waals surface area contributed by atoms with Crippen molar-refractivity contribution < 1.29 is 14.7 Å². The van der Waals surface area contributed by atoms with Crippen LogP contribution in [0.3, 0.4) is 0 Å². The third kappa shape index (κ3) is 3.25. The number of carbonyl (C=O) groups excluding carboxylic acids is 1. The lowest BCUT2D eigenvalue weighted by atomic mass is 10.0. The first kappa shape index (κ1) is 19.6. The van der Waals surface area contributed by atoms with Crippen molar-refractivity contribution in [3.63, 3.8) is 0 Å². The molecule has 1 amide bonds. The fourth-order valence-corrected chi connectivity index (χ4v) is 3.43. The van der Waals surface area contributed by atoms with Crippen molar-refractivity contribution in [2.24, 2.45) is 20.0 Å². The van der Waals surface area contributed by atoms with E-state index in [4.69, 9.17) is 0 Å². The molecule has 3 heterocycles. The Balaban J connectivity index is 1.99. The van der Waals surface area contributed by atoms with E-state index in [1.807, 2.05) is 13.8 Å². The number of fused-ring (bicyclic) bond motifs is 1. The van der Waals surface area contributed by atoms with Crippen molar-refractivity contribution >= 4 is 11.9 Å². The summed E-state index contributed by atoms with van der Waals surface area (Å²) in [4.78, 5) is 50.1. The van der Waals surface area contributed by atoms with E-state index in [0.717, 1.165) is 20.9 Å². The summed E-state index contributed by atoms with van der Waals surface area (Å²) in [5.74, 6) is -1.34. The Bertz CT molecular complexity index is 1080. The quantitative estimate of drug-likeness (QED) is 0.776. The molecule has 0 saturated heterocycles. The van der Waals surface area contributed by atoms with Crippen LogP contribution in [-0.4, -0.2) is 47.3 Å². The normalized spacial score (nSPS) is 13.7. The van der Waals surface area contributed by atoms with Gasteiger partial charge in [0.15, 0.2) is 5.69 Å². The molecule has 10 nitrogen and oxygen atoms in total. The molecule has 2 aromatic rings. The number of aromatic nitrogens is 4. The second-order valence-electron chi connectivity index (χ2n) is 7.40. The van der Waals surface area contributed by atoms with Crippen molar-refractivity contribution in [1.82, 2.24) is 23.8 Å². The van der Waals surface area contributed by atoms with Gasteiger partial charge in [0.05, 0.1) is 6.54 Å². The van der Waals surface area contributed by atoms with Crippen molar-refractivity contribution in [2.45, 2.75) is 33.4 Å². The van der Waals surface area contributed by atoms with Crippen LogP contribution >= 0.6 is 0 Å². The van der Waals surface area contributed by atoms with Crippen molar-refractivity contribution in [2.75, 3.05) is 6.54 Å². The summed E-state index contributed by atoms with van der Waals surface area (Å²) in [6.45, 7) is 5.04. The molecular formula is C18H23N5O5. The SMILES string of the molecule is CC(C)Cn1nc(C(=O)O)c2c1CCN(C(=O)c1cc(=O)n(C)c(=O)n1C)C2. The van der Waals surface area contributed by atoms with E-state index in [0.29, 0.717) is 31.0 Å². The molecule has 1 aliphatic heterocycles. The largest absolute Gasteiger partial charge is 0.476 e. The average molecular weight is 389 g/mol. The second-order valence-corrected chi connectivity index (χ2v) is 7.40. The molecule has 0 spiro atoms. The first-order chi connectivity index (χ1) is 13.1. The molecule has 0 radical (unpaired) electrons. The Kier molecular flexibility index (Phi) is 4.97. The van der Waals surface area contributed by atoms with Crippen LogP contribution < -0.4 is 11.2 Å². The Labute approximate surface area is 160 Å². The summed E-state index contributed by atoms with van der Waals surface area (Å²) in [7, 11) is 2.77. The van der Waals surface area contributed by atoms with E-state index in [-0.39, 0.29) is 17.9 Å². The topological polar surface area (TPSA) is 119 Å². The summed E-state index contributed by atoms with van der Waals surface area (Å²) in [6, 6.07) is 1.12. The van der Waals surface area contributed by atoms with Crippen molar-refractivity contribution in [3.8, 4) is 0 Å². The molecule has 1 aliphatic rings. The van der Waals surface area contributed by atoms with Crippen LogP contribution in [0.5, 0.6) is 0 Å². The van der Waals surface area contributed by atoms with Crippen LogP contribution in [0, 0.1) is 5.92 Å². The third-order valence-corrected chi connectivity index (χ3v) is 4.91. The van der Waals surface area contributed by atoms with Gasteiger partial charge in [0, 0.05) is 50.9 Å². The molecule has 0 aromatic carbocycles. The summed E-state index contributed by atoms with van der Waals surface area (Å²) >= 11 is 0. The molecule has 1 N–H and O–H groups in total. The van der Waals surface area contributed by atoms with E-state index < -0.39 is 23.1 Å². The van der Waals surface area contributed by atoms with Gasteiger partial charge >= 0.3 is 11.7 Å². The van der Waals surface area contributed by atoms with Gasteiger partial charge in [-0.1, -0.05) is 13.8 Å². The molecule has 28 heavy (non-hydrogen) atoms. The van der Waals surface area contributed by atoms with Crippen LogP contribution in [0.4, 0.5) is 0 Å². The molecule has 2 aromatic heterocycles. The molecule has 0 aliphatic carbocycles. The van der Waals surface area contributed by atoms with E-state index >= 15 is 0 Å². The lowest BCUT2D eigenvalue weighted by molar-refractivity contribution is 0.0671. The minimum atomic E-state index is -1.14. The highest BCUT2D eigenvalue weighted by Crippen LogP contribution is 2.24. The van der Waals surface area contributed by atoms with Gasteiger partial charge in [-0.15, -0.1) is 0 Å². The predicted molar refractivity (Wildman–Crippen MR) is 99.4 cm³/mol. The lowest BCUT2D eigenvalue weighted by Crippen LogP contribution is -2.43. The second kappa shape index (κ2) is 7.10. The highest BCUT2D eigenvalue weighted by atomic mass is 16.4. The summed E-state index contributed by atoms with van der Waals surface area (Å²) < 4.78 is 3.75. The van der Waals surface area contributed by atoms with Gasteiger partial charge in [-0.3, -0.25) is 23.4 Å². The zero-order valence-electron chi connectivity index (χ0n) is 16.3. The van der Waals surface area contributed by atoms with Crippen molar-refractivity contribution in [3.05, 3.63) is 49.5 Å². The van der Waals surface area contributed by atoms with E-state index in [2.05, 4.69) is 5.10 Å². The summed E-state index contributed by atoms with van der Waals surface area (Å²) in [5.41, 5.74) is 0.0632. The zero-order valence-corrected chi connectivity index (χ0v) is 16.3. The van der Waals surface area contributed by atoms with Crippen molar-refractivity contribution in [1.29, 1.82) is 0 Å². The number of aromatic carboxylic acids is 1. The Morgan fingerprint density at radius 2 is 1.89 bits per heavy atom. The van der Waals surface area contributed by atoms with Gasteiger partial charge in [-0.25, -0.2) is 9.59 Å². The van der Waals surface area contributed by atoms with E-state index in [9.17, 15) is 24.3 Å². The number of carboxylic acids is 1. The molecule has 0 saturated carbocycles. The lowest BCUT2D eigenvalue weighted by Gasteiger charge is -2.28. The third-order valence-electron chi connectivity index (χ3n) is 4.91. The number of nitrogens with zero attached hydrogens (tertiary/aromatic N) is 5. The van der Waals surface area contributed by atoms with Gasteiger partial charge in [-0.2, -0.15) is 5.10 Å². The van der Waals surface area contributed by atoms with Gasteiger partial charge in [0.1, 0.15) is 5.69 Å². The molecule has 3 rings (SSSR count). The van der Waals surface area contributed by atoms with Gasteiger partial charge in [0.2, 0.25) is 0 Å². The van der Waals surface area contributed by atoms with Crippen LogP contribution in [0.15, 0.2) is 15.7 Å². The first-order valence-electron chi connectivity index (χ1n) is 9.00.